The second kappa shape index (κ2) is 15.3. The summed E-state index contributed by atoms with van der Waals surface area (Å²) in [5, 5.41) is 2.47. The standard InChI is InChI=1S/C65H43N/c1-3-20-45(21-4-1)52-27-9-10-31-57(52)64-53(46-22-5-2-6-23-46)32-18-36-63(64)66(50-26-17-25-48(42-50)49-38-37-44-19-7-8-24-47(44)41-49)51-39-40-62-58(43-51)56-30-13-16-35-61(56)65(62)59-33-14-11-28-54(59)55-29-12-15-34-60(55)65/h1-43H. The number of fused-ring (bicyclic) bond motifs is 11. The highest BCUT2D eigenvalue weighted by molar-refractivity contribution is 6.03. The summed E-state index contributed by atoms with van der Waals surface area (Å²) in [6.45, 7) is 0. The number of nitrogens with zero attached hydrogens (tertiary/aromatic N) is 1. The van der Waals surface area contributed by atoms with Crippen molar-refractivity contribution < 1.29 is 0 Å². The summed E-state index contributed by atoms with van der Waals surface area (Å²) in [5.74, 6) is 0. The van der Waals surface area contributed by atoms with E-state index in [9.17, 15) is 0 Å². The fourth-order valence-electron chi connectivity index (χ4n) is 11.3. The molecule has 0 aliphatic heterocycles. The fourth-order valence-corrected chi connectivity index (χ4v) is 11.3. The van der Waals surface area contributed by atoms with E-state index in [1.165, 1.54) is 99.8 Å². The highest BCUT2D eigenvalue weighted by atomic mass is 15.1. The van der Waals surface area contributed by atoms with Gasteiger partial charge in [0.25, 0.3) is 0 Å². The molecule has 11 aromatic carbocycles. The van der Waals surface area contributed by atoms with Crippen molar-refractivity contribution in [1.29, 1.82) is 0 Å². The minimum Gasteiger partial charge on any atom is -0.310 e. The average molecular weight is 838 g/mol. The lowest BCUT2D eigenvalue weighted by atomic mass is 9.70. The van der Waals surface area contributed by atoms with Crippen molar-refractivity contribution >= 4 is 27.8 Å². The minimum atomic E-state index is -0.425. The number of hydrogen-bond donors (Lipinski definition) is 0. The molecule has 1 heteroatoms. The Morgan fingerprint density at radius 1 is 0.242 bits per heavy atom. The molecule has 1 nitrogen and oxygen atoms in total. The summed E-state index contributed by atoms with van der Waals surface area (Å²) >= 11 is 0. The van der Waals surface area contributed by atoms with Crippen molar-refractivity contribution in [2.24, 2.45) is 0 Å². The largest absolute Gasteiger partial charge is 0.310 e. The highest BCUT2D eigenvalue weighted by Gasteiger charge is 2.51. The van der Waals surface area contributed by atoms with E-state index in [0.29, 0.717) is 0 Å². The maximum atomic E-state index is 2.51. The molecule has 0 saturated heterocycles. The Morgan fingerprint density at radius 2 is 0.712 bits per heavy atom. The maximum Gasteiger partial charge on any atom is 0.0725 e. The number of benzene rings is 11. The second-order valence-electron chi connectivity index (χ2n) is 17.5. The first-order chi connectivity index (χ1) is 32.8. The van der Waals surface area contributed by atoms with E-state index in [2.05, 4.69) is 266 Å². The summed E-state index contributed by atoms with van der Waals surface area (Å²) in [6.07, 6.45) is 0. The normalized spacial score (nSPS) is 12.7. The molecule has 0 aromatic heterocycles. The van der Waals surface area contributed by atoms with Crippen LogP contribution in [0.1, 0.15) is 22.3 Å². The van der Waals surface area contributed by atoms with E-state index in [1.807, 2.05) is 0 Å². The van der Waals surface area contributed by atoms with E-state index in [0.717, 1.165) is 17.1 Å². The van der Waals surface area contributed by atoms with Gasteiger partial charge in [0.15, 0.2) is 0 Å². The van der Waals surface area contributed by atoms with Crippen LogP contribution in [0.15, 0.2) is 261 Å². The van der Waals surface area contributed by atoms with Crippen molar-refractivity contribution in [2.75, 3.05) is 4.90 Å². The van der Waals surface area contributed by atoms with Crippen molar-refractivity contribution in [3.63, 3.8) is 0 Å². The minimum absolute atomic E-state index is 0.425. The summed E-state index contributed by atoms with van der Waals surface area (Å²) in [7, 11) is 0. The molecule has 2 aliphatic carbocycles. The van der Waals surface area contributed by atoms with Crippen LogP contribution in [0.25, 0.3) is 77.5 Å². The van der Waals surface area contributed by atoms with E-state index in [4.69, 9.17) is 0 Å². The monoisotopic (exact) mass is 837 g/mol. The van der Waals surface area contributed by atoms with Crippen LogP contribution < -0.4 is 4.90 Å². The molecule has 0 saturated carbocycles. The van der Waals surface area contributed by atoms with E-state index >= 15 is 0 Å². The lowest BCUT2D eigenvalue weighted by molar-refractivity contribution is 0.794. The molecular weight excluding hydrogens is 795 g/mol. The first-order valence-corrected chi connectivity index (χ1v) is 22.9. The van der Waals surface area contributed by atoms with E-state index in [-0.39, 0.29) is 0 Å². The Hall–Kier alpha value is -8.52. The van der Waals surface area contributed by atoms with Gasteiger partial charge in [-0.1, -0.05) is 224 Å². The lowest BCUT2D eigenvalue weighted by Crippen LogP contribution is -2.25. The summed E-state index contributed by atoms with van der Waals surface area (Å²) < 4.78 is 0. The molecule has 66 heavy (non-hydrogen) atoms. The number of anilines is 3. The van der Waals surface area contributed by atoms with Crippen LogP contribution in [-0.4, -0.2) is 0 Å². The molecule has 0 fully saturated rings. The molecule has 2 aliphatic rings. The van der Waals surface area contributed by atoms with Crippen LogP contribution in [0.2, 0.25) is 0 Å². The molecule has 0 radical (unpaired) electrons. The van der Waals surface area contributed by atoms with Gasteiger partial charge in [-0.3, -0.25) is 0 Å². The smallest absolute Gasteiger partial charge is 0.0725 e. The van der Waals surface area contributed by atoms with Gasteiger partial charge in [-0.15, -0.1) is 0 Å². The summed E-state index contributed by atoms with van der Waals surface area (Å²) in [5.41, 5.74) is 22.8. The molecule has 0 atom stereocenters. The molecule has 0 heterocycles. The van der Waals surface area contributed by atoms with Gasteiger partial charge in [0.1, 0.15) is 0 Å². The predicted molar refractivity (Wildman–Crippen MR) is 277 cm³/mol. The van der Waals surface area contributed by atoms with Crippen LogP contribution >= 0.6 is 0 Å². The molecule has 0 amide bonds. The van der Waals surface area contributed by atoms with Crippen molar-refractivity contribution in [3.05, 3.63) is 283 Å². The van der Waals surface area contributed by atoms with E-state index < -0.39 is 5.41 Å². The van der Waals surface area contributed by atoms with Crippen molar-refractivity contribution in [2.45, 2.75) is 5.41 Å². The molecule has 1 spiro atoms. The van der Waals surface area contributed by atoms with Crippen LogP contribution in [0, 0.1) is 0 Å². The second-order valence-corrected chi connectivity index (χ2v) is 17.5. The van der Waals surface area contributed by atoms with Gasteiger partial charge in [-0.25, -0.2) is 0 Å². The predicted octanol–water partition coefficient (Wildman–Crippen LogP) is 17.3. The Labute approximate surface area is 386 Å². The van der Waals surface area contributed by atoms with Gasteiger partial charge in [0.05, 0.1) is 11.1 Å². The van der Waals surface area contributed by atoms with Gasteiger partial charge < -0.3 is 4.90 Å². The fraction of sp³-hybridized carbons (Fsp3) is 0.0154. The van der Waals surface area contributed by atoms with Crippen LogP contribution in [0.3, 0.4) is 0 Å². The third kappa shape index (κ3) is 5.80. The first kappa shape index (κ1) is 38.0. The zero-order chi connectivity index (χ0) is 43.6. The van der Waals surface area contributed by atoms with Gasteiger partial charge in [-0.2, -0.15) is 0 Å². The SMILES string of the molecule is c1ccc(-c2ccccc2-c2c(-c3ccccc3)cccc2N(c2cccc(-c3ccc4ccccc4c3)c2)c2ccc3c(c2)-c2ccccc2C32c3ccccc3-c3ccccc32)cc1. The molecule has 0 bridgehead atoms. The summed E-state index contributed by atoms with van der Waals surface area (Å²) in [4.78, 5) is 2.51. The van der Waals surface area contributed by atoms with Gasteiger partial charge in [-0.05, 0) is 131 Å². The third-order valence-electron chi connectivity index (χ3n) is 14.1. The molecular formula is C65H43N. The van der Waals surface area contributed by atoms with Gasteiger partial charge >= 0.3 is 0 Å². The zero-order valence-electron chi connectivity index (χ0n) is 36.3. The van der Waals surface area contributed by atoms with Gasteiger partial charge in [0.2, 0.25) is 0 Å². The Morgan fingerprint density at radius 3 is 1.39 bits per heavy atom. The molecule has 13 rings (SSSR count). The number of rotatable bonds is 7. The highest BCUT2D eigenvalue weighted by Crippen LogP contribution is 2.63. The van der Waals surface area contributed by atoms with Gasteiger partial charge in [0, 0.05) is 16.9 Å². The molecule has 308 valence electrons. The quantitative estimate of drug-likeness (QED) is 0.155. The van der Waals surface area contributed by atoms with Crippen LogP contribution in [0.4, 0.5) is 17.1 Å². The third-order valence-corrected chi connectivity index (χ3v) is 14.1. The Bertz CT molecular complexity index is 3610. The van der Waals surface area contributed by atoms with Crippen LogP contribution in [0.5, 0.6) is 0 Å². The van der Waals surface area contributed by atoms with Crippen molar-refractivity contribution in [3.8, 4) is 66.8 Å². The van der Waals surface area contributed by atoms with Crippen LogP contribution in [-0.2, 0) is 5.41 Å². The first-order valence-electron chi connectivity index (χ1n) is 22.9. The topological polar surface area (TPSA) is 3.24 Å². The maximum absolute atomic E-state index is 2.51. The van der Waals surface area contributed by atoms with E-state index in [1.54, 1.807) is 0 Å². The molecule has 0 unspecified atom stereocenters. The zero-order valence-corrected chi connectivity index (χ0v) is 36.3. The van der Waals surface area contributed by atoms with Crippen molar-refractivity contribution in [1.82, 2.24) is 0 Å². The summed E-state index contributed by atoms with van der Waals surface area (Å²) in [6, 6.07) is 96.5. The Balaban J connectivity index is 1.10. The molecule has 0 N–H and O–H groups in total. The lowest BCUT2D eigenvalue weighted by Gasteiger charge is -2.32. The average Bonchev–Trinajstić information content (AvgIpc) is 3.86. The number of hydrogen-bond acceptors (Lipinski definition) is 1. The molecule has 11 aromatic rings. The Kier molecular flexibility index (Phi) is 8.82.